The van der Waals surface area contributed by atoms with Crippen LogP contribution in [0.4, 0.5) is 10.2 Å². The quantitative estimate of drug-likeness (QED) is 0.938. The SMILES string of the molecule is COc1ncc(F)c(NCc2c(Cl)cccc2Cl)n1. The van der Waals surface area contributed by atoms with Crippen LogP contribution in [0, 0.1) is 5.82 Å². The molecule has 0 amide bonds. The molecule has 0 bridgehead atoms. The number of nitrogens with one attached hydrogen (secondary N) is 1. The summed E-state index contributed by atoms with van der Waals surface area (Å²) in [6.45, 7) is 0.246. The normalized spacial score (nSPS) is 10.3. The zero-order valence-corrected chi connectivity index (χ0v) is 11.5. The molecule has 0 atom stereocenters. The first kappa shape index (κ1) is 13.8. The fraction of sp³-hybridized carbons (Fsp3) is 0.167. The van der Waals surface area contributed by atoms with E-state index >= 15 is 0 Å². The van der Waals surface area contributed by atoms with Crippen molar-refractivity contribution in [3.8, 4) is 6.01 Å². The average Bonchev–Trinajstić information content (AvgIpc) is 2.40. The van der Waals surface area contributed by atoms with Gasteiger partial charge in [-0.2, -0.15) is 4.98 Å². The highest BCUT2D eigenvalue weighted by atomic mass is 35.5. The average molecular weight is 302 g/mol. The van der Waals surface area contributed by atoms with Crippen molar-refractivity contribution in [1.29, 1.82) is 0 Å². The molecule has 2 aromatic rings. The Morgan fingerprint density at radius 2 is 2.00 bits per heavy atom. The summed E-state index contributed by atoms with van der Waals surface area (Å²) >= 11 is 12.0. The predicted octanol–water partition coefficient (Wildman–Crippen LogP) is 3.54. The predicted molar refractivity (Wildman–Crippen MR) is 72.3 cm³/mol. The molecule has 0 radical (unpaired) electrons. The minimum absolute atomic E-state index is 0.0304. The Morgan fingerprint density at radius 3 is 2.63 bits per heavy atom. The molecule has 1 N–H and O–H groups in total. The first-order valence-corrected chi connectivity index (χ1v) is 6.10. The molecule has 19 heavy (non-hydrogen) atoms. The lowest BCUT2D eigenvalue weighted by Gasteiger charge is -2.10. The first-order valence-electron chi connectivity index (χ1n) is 5.35. The maximum Gasteiger partial charge on any atom is 0.318 e. The van der Waals surface area contributed by atoms with E-state index in [9.17, 15) is 4.39 Å². The number of hydrogen-bond donors (Lipinski definition) is 1. The Bertz CT molecular complexity index is 575. The van der Waals surface area contributed by atoms with E-state index in [0.717, 1.165) is 6.20 Å². The molecule has 0 aliphatic heterocycles. The van der Waals surface area contributed by atoms with Crippen LogP contribution in [0.2, 0.25) is 10.0 Å². The lowest BCUT2D eigenvalue weighted by atomic mass is 10.2. The Balaban J connectivity index is 2.19. The maximum absolute atomic E-state index is 13.5. The standard InChI is InChI=1S/C12H10Cl2FN3O/c1-19-12-17-6-10(15)11(18-12)16-5-7-8(13)3-2-4-9(7)14/h2-4,6H,5H2,1H3,(H,16,17,18). The van der Waals surface area contributed by atoms with Gasteiger partial charge in [-0.05, 0) is 12.1 Å². The van der Waals surface area contributed by atoms with Gasteiger partial charge in [0, 0.05) is 22.2 Å². The molecule has 4 nitrogen and oxygen atoms in total. The minimum Gasteiger partial charge on any atom is -0.467 e. The monoisotopic (exact) mass is 301 g/mol. The molecule has 100 valence electrons. The summed E-state index contributed by atoms with van der Waals surface area (Å²) in [7, 11) is 1.40. The van der Waals surface area contributed by atoms with E-state index in [2.05, 4.69) is 15.3 Å². The number of halogens is 3. The zero-order valence-electron chi connectivity index (χ0n) is 9.95. The van der Waals surface area contributed by atoms with Gasteiger partial charge >= 0.3 is 6.01 Å². The molecule has 0 spiro atoms. The number of nitrogens with zero attached hydrogens (tertiary/aromatic N) is 2. The Hall–Kier alpha value is -1.59. The Labute approximate surface area is 119 Å². The highest BCUT2D eigenvalue weighted by Crippen LogP contribution is 2.25. The summed E-state index contributed by atoms with van der Waals surface area (Å²) in [6.07, 6.45) is 1.03. The van der Waals surface area contributed by atoms with Crippen LogP contribution in [0.15, 0.2) is 24.4 Å². The van der Waals surface area contributed by atoms with Crippen molar-refractivity contribution >= 4 is 29.0 Å². The van der Waals surface area contributed by atoms with Crippen LogP contribution < -0.4 is 10.1 Å². The number of aromatic nitrogens is 2. The summed E-state index contributed by atoms with van der Waals surface area (Å²) in [4.78, 5) is 7.51. The van der Waals surface area contributed by atoms with Crippen molar-refractivity contribution in [2.45, 2.75) is 6.54 Å². The number of methoxy groups -OCH3 is 1. The van der Waals surface area contributed by atoms with E-state index < -0.39 is 5.82 Å². The smallest absolute Gasteiger partial charge is 0.318 e. The fourth-order valence-electron chi connectivity index (χ4n) is 1.45. The number of anilines is 1. The summed E-state index contributed by atoms with van der Waals surface area (Å²) < 4.78 is 18.3. The van der Waals surface area contributed by atoms with Crippen LogP contribution in [0.1, 0.15) is 5.56 Å². The lowest BCUT2D eigenvalue weighted by molar-refractivity contribution is 0.377. The van der Waals surface area contributed by atoms with Gasteiger partial charge in [0.05, 0.1) is 13.3 Å². The minimum atomic E-state index is -0.580. The van der Waals surface area contributed by atoms with Gasteiger partial charge in [-0.3, -0.25) is 0 Å². The third kappa shape index (κ3) is 3.24. The van der Waals surface area contributed by atoms with Crippen LogP contribution >= 0.6 is 23.2 Å². The van der Waals surface area contributed by atoms with Gasteiger partial charge in [-0.15, -0.1) is 0 Å². The molecule has 0 unspecified atom stereocenters. The van der Waals surface area contributed by atoms with Crippen molar-refractivity contribution < 1.29 is 9.13 Å². The molecule has 0 aliphatic carbocycles. The molecular weight excluding hydrogens is 292 g/mol. The molecule has 0 saturated carbocycles. The number of ether oxygens (including phenoxy) is 1. The van der Waals surface area contributed by atoms with Crippen LogP contribution in [0.3, 0.4) is 0 Å². The van der Waals surface area contributed by atoms with E-state index in [-0.39, 0.29) is 18.4 Å². The highest BCUT2D eigenvalue weighted by Gasteiger charge is 2.09. The first-order chi connectivity index (χ1) is 9.11. The third-order valence-corrected chi connectivity index (χ3v) is 3.11. The molecular formula is C12H10Cl2FN3O. The maximum atomic E-state index is 13.5. The second kappa shape index (κ2) is 6.04. The van der Waals surface area contributed by atoms with Crippen molar-refractivity contribution in [1.82, 2.24) is 9.97 Å². The highest BCUT2D eigenvalue weighted by molar-refractivity contribution is 6.36. The van der Waals surface area contributed by atoms with Crippen LogP contribution in [0.25, 0.3) is 0 Å². The van der Waals surface area contributed by atoms with Crippen molar-refractivity contribution in [3.05, 3.63) is 45.8 Å². The lowest BCUT2D eigenvalue weighted by Crippen LogP contribution is -2.06. The van der Waals surface area contributed by atoms with Crippen LogP contribution in [-0.2, 0) is 6.54 Å². The van der Waals surface area contributed by atoms with Gasteiger partial charge in [0.2, 0.25) is 0 Å². The summed E-state index contributed by atoms with van der Waals surface area (Å²) in [5.74, 6) is -0.549. The molecule has 1 heterocycles. The Morgan fingerprint density at radius 1 is 1.32 bits per heavy atom. The topological polar surface area (TPSA) is 47.0 Å². The fourth-order valence-corrected chi connectivity index (χ4v) is 1.98. The number of benzene rings is 1. The number of rotatable bonds is 4. The molecule has 0 aliphatic rings. The molecule has 1 aromatic carbocycles. The van der Waals surface area contributed by atoms with E-state index in [1.54, 1.807) is 18.2 Å². The van der Waals surface area contributed by atoms with Gasteiger partial charge in [-0.1, -0.05) is 29.3 Å². The molecule has 0 fully saturated rings. The second-order valence-corrected chi connectivity index (χ2v) is 4.42. The van der Waals surface area contributed by atoms with Crippen LogP contribution in [0.5, 0.6) is 6.01 Å². The molecule has 0 saturated heterocycles. The third-order valence-electron chi connectivity index (χ3n) is 2.40. The van der Waals surface area contributed by atoms with Gasteiger partial charge in [0.1, 0.15) is 0 Å². The van der Waals surface area contributed by atoms with E-state index in [4.69, 9.17) is 27.9 Å². The van der Waals surface area contributed by atoms with Crippen molar-refractivity contribution in [2.75, 3.05) is 12.4 Å². The summed E-state index contributed by atoms with van der Waals surface area (Å²) in [5.41, 5.74) is 0.669. The van der Waals surface area contributed by atoms with Gasteiger partial charge < -0.3 is 10.1 Å². The van der Waals surface area contributed by atoms with Gasteiger partial charge in [0.15, 0.2) is 11.6 Å². The molecule has 2 rings (SSSR count). The largest absolute Gasteiger partial charge is 0.467 e. The van der Waals surface area contributed by atoms with Gasteiger partial charge in [-0.25, -0.2) is 9.37 Å². The van der Waals surface area contributed by atoms with E-state index in [1.807, 2.05) is 0 Å². The van der Waals surface area contributed by atoms with Crippen LogP contribution in [-0.4, -0.2) is 17.1 Å². The van der Waals surface area contributed by atoms with E-state index in [0.29, 0.717) is 15.6 Å². The zero-order chi connectivity index (χ0) is 13.8. The van der Waals surface area contributed by atoms with E-state index in [1.165, 1.54) is 7.11 Å². The molecule has 1 aromatic heterocycles. The Kier molecular flexibility index (Phi) is 4.39. The summed E-state index contributed by atoms with van der Waals surface area (Å²) in [6, 6.07) is 5.24. The van der Waals surface area contributed by atoms with Crippen molar-refractivity contribution in [2.24, 2.45) is 0 Å². The summed E-state index contributed by atoms with van der Waals surface area (Å²) in [5, 5.41) is 3.81. The molecule has 7 heteroatoms. The second-order valence-electron chi connectivity index (χ2n) is 3.61. The van der Waals surface area contributed by atoms with Crippen molar-refractivity contribution in [3.63, 3.8) is 0 Å². The number of hydrogen-bond acceptors (Lipinski definition) is 4. The van der Waals surface area contributed by atoms with Gasteiger partial charge in [0.25, 0.3) is 0 Å².